The zero-order chi connectivity index (χ0) is 25.4. The first-order chi connectivity index (χ1) is 15.8. The minimum atomic E-state index is -5.13. The van der Waals surface area contributed by atoms with E-state index in [1.54, 1.807) is 0 Å². The molecule has 6 nitrogen and oxygen atoms in total. The molecule has 0 bridgehead atoms. The van der Waals surface area contributed by atoms with Gasteiger partial charge in [-0.2, -0.15) is 13.2 Å². The maximum absolute atomic E-state index is 14.1. The van der Waals surface area contributed by atoms with E-state index in [4.69, 9.17) is 21.4 Å². The van der Waals surface area contributed by atoms with Gasteiger partial charge >= 0.3 is 12.1 Å². The van der Waals surface area contributed by atoms with Crippen LogP contribution >= 0.6 is 11.6 Å². The molecule has 0 amide bonds. The molecule has 3 rings (SSSR count). The molecule has 0 saturated carbocycles. The average Bonchev–Trinajstić information content (AvgIpc) is 2.75. The van der Waals surface area contributed by atoms with Crippen LogP contribution in [0.2, 0.25) is 5.02 Å². The highest BCUT2D eigenvalue weighted by Gasteiger charge is 2.59. The number of carboxylic acids is 1. The SMILES string of the molecule is C[C@H](c1ccc(Oc2ccc(C(=O)O)cc2F)cc1Cl)[C@@](O)(c1ccc(=O)n(C)c1)C(F)(F)F. The first-order valence-electron chi connectivity index (χ1n) is 9.72. The van der Waals surface area contributed by atoms with Gasteiger partial charge in [0, 0.05) is 35.8 Å². The largest absolute Gasteiger partial charge is 0.478 e. The van der Waals surface area contributed by atoms with E-state index in [-0.39, 0.29) is 27.6 Å². The summed E-state index contributed by atoms with van der Waals surface area (Å²) >= 11 is 6.21. The van der Waals surface area contributed by atoms with E-state index in [1.165, 1.54) is 19.2 Å². The highest BCUT2D eigenvalue weighted by molar-refractivity contribution is 6.31. The molecule has 0 spiro atoms. The Hall–Kier alpha value is -3.37. The lowest BCUT2D eigenvalue weighted by molar-refractivity contribution is -0.274. The number of alkyl halides is 3. The highest BCUT2D eigenvalue weighted by Crippen LogP contribution is 2.49. The molecule has 2 N–H and O–H groups in total. The van der Waals surface area contributed by atoms with E-state index >= 15 is 0 Å². The normalized spacial score (nSPS) is 14.4. The van der Waals surface area contributed by atoms with Crippen molar-refractivity contribution in [2.75, 3.05) is 0 Å². The van der Waals surface area contributed by atoms with E-state index in [9.17, 15) is 32.3 Å². The number of aryl methyl sites for hydroxylation is 1. The number of rotatable bonds is 6. The third-order valence-corrected chi connectivity index (χ3v) is 5.76. The minimum absolute atomic E-state index is 0.0272. The Bertz CT molecular complexity index is 1310. The fourth-order valence-corrected chi connectivity index (χ4v) is 3.80. The first-order valence-corrected chi connectivity index (χ1v) is 10.1. The van der Waals surface area contributed by atoms with Gasteiger partial charge < -0.3 is 19.5 Å². The van der Waals surface area contributed by atoms with Gasteiger partial charge in [0.2, 0.25) is 5.56 Å². The Balaban J connectivity index is 1.98. The van der Waals surface area contributed by atoms with Crippen molar-refractivity contribution in [1.82, 2.24) is 4.57 Å². The molecular weight excluding hydrogens is 482 g/mol. The zero-order valence-corrected chi connectivity index (χ0v) is 18.5. The highest BCUT2D eigenvalue weighted by atomic mass is 35.5. The summed E-state index contributed by atoms with van der Waals surface area (Å²) in [5, 5.41) is 19.6. The third kappa shape index (κ3) is 4.64. The Morgan fingerprint density at radius 2 is 1.79 bits per heavy atom. The van der Waals surface area contributed by atoms with Crippen molar-refractivity contribution in [2.45, 2.75) is 24.6 Å². The summed E-state index contributed by atoms with van der Waals surface area (Å²) < 4.78 is 62.7. The summed E-state index contributed by atoms with van der Waals surface area (Å²) in [6.45, 7) is 1.13. The van der Waals surface area contributed by atoms with Crippen LogP contribution in [0, 0.1) is 5.82 Å². The summed E-state index contributed by atoms with van der Waals surface area (Å²) in [7, 11) is 1.26. The van der Waals surface area contributed by atoms with Crippen molar-refractivity contribution in [3.05, 3.63) is 92.6 Å². The lowest BCUT2D eigenvalue weighted by atomic mass is 9.78. The number of aromatic nitrogens is 1. The summed E-state index contributed by atoms with van der Waals surface area (Å²) in [6.07, 6.45) is -4.22. The molecule has 1 heterocycles. The Labute approximate surface area is 195 Å². The van der Waals surface area contributed by atoms with Crippen LogP contribution in [0.3, 0.4) is 0 Å². The van der Waals surface area contributed by atoms with Gasteiger partial charge in [-0.25, -0.2) is 9.18 Å². The Kier molecular flexibility index (Phi) is 6.77. The second kappa shape index (κ2) is 9.11. The average molecular weight is 500 g/mol. The number of hydrogen-bond donors (Lipinski definition) is 2. The number of pyridine rings is 1. The number of halogens is 5. The number of ether oxygens (including phenoxy) is 1. The summed E-state index contributed by atoms with van der Waals surface area (Å²) in [5.74, 6) is -4.25. The fraction of sp³-hybridized carbons (Fsp3) is 0.217. The van der Waals surface area contributed by atoms with Crippen molar-refractivity contribution in [3.8, 4) is 11.5 Å². The number of benzene rings is 2. The van der Waals surface area contributed by atoms with Gasteiger partial charge in [0.15, 0.2) is 17.2 Å². The van der Waals surface area contributed by atoms with Crippen LogP contribution in [0.1, 0.15) is 34.3 Å². The van der Waals surface area contributed by atoms with E-state index in [0.717, 1.165) is 54.1 Å². The Morgan fingerprint density at radius 1 is 1.12 bits per heavy atom. The standard InChI is InChI=1S/C23H18ClF4NO5/c1-12(22(33,23(26,27)28)14-4-8-20(30)29(2)11-14)16-6-5-15(10-17(16)24)34-19-7-3-13(21(31)32)9-18(19)25/h3-12,33H,1-2H3,(H,31,32)/t12-,22-/m1/s1. The molecule has 0 saturated heterocycles. The molecule has 0 aliphatic heterocycles. The molecular formula is C23H18ClF4NO5. The zero-order valence-electron chi connectivity index (χ0n) is 17.7. The van der Waals surface area contributed by atoms with Crippen LogP contribution in [0.25, 0.3) is 0 Å². The molecule has 0 aliphatic carbocycles. The van der Waals surface area contributed by atoms with Crippen LogP contribution in [0.15, 0.2) is 59.5 Å². The third-order valence-electron chi connectivity index (χ3n) is 5.43. The second-order valence-corrected chi connectivity index (χ2v) is 8.00. The predicted molar refractivity (Wildman–Crippen MR) is 115 cm³/mol. The fourth-order valence-electron chi connectivity index (χ4n) is 3.47. The molecule has 0 radical (unpaired) electrons. The lowest BCUT2D eigenvalue weighted by Crippen LogP contribution is -2.47. The van der Waals surface area contributed by atoms with E-state index in [0.29, 0.717) is 0 Å². The number of nitrogens with zero attached hydrogens (tertiary/aromatic N) is 1. The predicted octanol–water partition coefficient (Wildman–Crippen LogP) is 5.22. The van der Waals surface area contributed by atoms with Gasteiger partial charge in [0.1, 0.15) is 5.75 Å². The van der Waals surface area contributed by atoms with Crippen molar-refractivity contribution >= 4 is 17.6 Å². The van der Waals surface area contributed by atoms with E-state index < -0.39 is 40.6 Å². The summed E-state index contributed by atoms with van der Waals surface area (Å²) in [4.78, 5) is 22.5. The maximum Gasteiger partial charge on any atom is 0.422 e. The topological polar surface area (TPSA) is 88.8 Å². The van der Waals surface area contributed by atoms with Crippen molar-refractivity contribution in [3.63, 3.8) is 0 Å². The lowest BCUT2D eigenvalue weighted by Gasteiger charge is -2.37. The van der Waals surface area contributed by atoms with Gasteiger partial charge in [0.05, 0.1) is 5.56 Å². The molecule has 3 aromatic rings. The second-order valence-electron chi connectivity index (χ2n) is 7.59. The van der Waals surface area contributed by atoms with Gasteiger partial charge in [-0.3, -0.25) is 4.79 Å². The smallest absolute Gasteiger partial charge is 0.422 e. The number of aliphatic hydroxyl groups is 1. The number of aromatic carboxylic acids is 1. The number of hydrogen-bond acceptors (Lipinski definition) is 4. The van der Waals surface area contributed by atoms with Gasteiger partial charge in [-0.1, -0.05) is 24.6 Å². The summed E-state index contributed by atoms with van der Waals surface area (Å²) in [5.41, 5.74) is -4.86. The van der Waals surface area contributed by atoms with Crippen LogP contribution in [0.4, 0.5) is 17.6 Å². The molecule has 0 fully saturated rings. The van der Waals surface area contributed by atoms with Crippen LogP contribution in [-0.4, -0.2) is 26.9 Å². The molecule has 1 aromatic heterocycles. The number of carbonyl (C=O) groups is 1. The van der Waals surface area contributed by atoms with E-state index in [2.05, 4.69) is 0 Å². The number of carboxylic acid groups (broad SMARTS) is 1. The molecule has 2 atom stereocenters. The molecule has 0 unspecified atom stereocenters. The Morgan fingerprint density at radius 3 is 2.32 bits per heavy atom. The minimum Gasteiger partial charge on any atom is -0.478 e. The monoisotopic (exact) mass is 499 g/mol. The molecule has 34 heavy (non-hydrogen) atoms. The van der Waals surface area contributed by atoms with Gasteiger partial charge in [-0.05, 0) is 42.0 Å². The van der Waals surface area contributed by atoms with Crippen LogP contribution < -0.4 is 10.3 Å². The van der Waals surface area contributed by atoms with Gasteiger partial charge in [0.25, 0.3) is 0 Å². The van der Waals surface area contributed by atoms with E-state index in [1.807, 2.05) is 0 Å². The van der Waals surface area contributed by atoms with Crippen molar-refractivity contribution < 1.29 is 37.3 Å². The van der Waals surface area contributed by atoms with Crippen molar-refractivity contribution in [1.29, 1.82) is 0 Å². The molecule has 11 heteroatoms. The van der Waals surface area contributed by atoms with Crippen molar-refractivity contribution in [2.24, 2.45) is 7.05 Å². The molecule has 0 aliphatic rings. The quantitative estimate of drug-likeness (QED) is 0.454. The molecule has 2 aromatic carbocycles. The maximum atomic E-state index is 14.1. The van der Waals surface area contributed by atoms with Gasteiger partial charge in [-0.15, -0.1) is 0 Å². The van der Waals surface area contributed by atoms with Crippen LogP contribution in [-0.2, 0) is 12.6 Å². The summed E-state index contributed by atoms with van der Waals surface area (Å²) in [6, 6.07) is 8.37. The van der Waals surface area contributed by atoms with Crippen LogP contribution in [0.5, 0.6) is 11.5 Å². The first kappa shape index (κ1) is 25.3. The molecule has 180 valence electrons.